The first-order valence-electron chi connectivity index (χ1n) is 5.03. The summed E-state index contributed by atoms with van der Waals surface area (Å²) in [4.78, 5) is 11.2. The van der Waals surface area contributed by atoms with Crippen molar-refractivity contribution < 1.29 is 18.3 Å². The van der Waals surface area contributed by atoms with Crippen molar-refractivity contribution in [1.82, 2.24) is 5.32 Å². The van der Waals surface area contributed by atoms with Crippen molar-refractivity contribution in [2.45, 2.75) is 38.7 Å². The van der Waals surface area contributed by atoms with E-state index in [0.717, 1.165) is 0 Å². The van der Waals surface area contributed by atoms with Crippen LogP contribution in [0.25, 0.3) is 0 Å². The van der Waals surface area contributed by atoms with Gasteiger partial charge in [0.15, 0.2) is 0 Å². The van der Waals surface area contributed by atoms with E-state index in [9.17, 15) is 13.6 Å². The van der Waals surface area contributed by atoms with Gasteiger partial charge in [0, 0.05) is 6.42 Å². The lowest BCUT2D eigenvalue weighted by molar-refractivity contribution is -0.186. The molecule has 0 atom stereocenters. The average molecular weight is 221 g/mol. The van der Waals surface area contributed by atoms with Gasteiger partial charge in [0.1, 0.15) is 5.60 Å². The maximum absolute atomic E-state index is 13.3. The lowest BCUT2D eigenvalue weighted by atomic mass is 9.95. The third-order valence-electron chi connectivity index (χ3n) is 2.11. The Morgan fingerprint density at radius 3 is 2.27 bits per heavy atom. The fraction of sp³-hybridized carbons (Fsp3) is 0.900. The second-order valence-electron chi connectivity index (χ2n) is 4.93. The van der Waals surface area contributed by atoms with Crippen molar-refractivity contribution in [3.05, 3.63) is 0 Å². The highest BCUT2D eigenvalue weighted by Gasteiger charge is 2.45. The Morgan fingerprint density at radius 1 is 1.40 bits per heavy atom. The van der Waals surface area contributed by atoms with Gasteiger partial charge < -0.3 is 10.1 Å². The Bertz CT molecular complexity index is 244. The van der Waals surface area contributed by atoms with Crippen LogP contribution >= 0.6 is 0 Å². The number of hydrogen-bond acceptors (Lipinski definition) is 3. The second kappa shape index (κ2) is 4.04. The van der Waals surface area contributed by atoms with Crippen LogP contribution in [0.5, 0.6) is 0 Å². The Hall–Kier alpha value is -0.710. The average Bonchev–Trinajstić information content (AvgIpc) is 1.94. The molecule has 5 heteroatoms. The molecule has 0 aliphatic carbocycles. The predicted octanol–water partition coefficient (Wildman–Crippen LogP) is 1.57. The van der Waals surface area contributed by atoms with Gasteiger partial charge >= 0.3 is 11.9 Å². The standard InChI is InChI=1S/C10H17F2NO2/c1-9(2,3)15-8(14)10(11,12)4-7-5-13-6-7/h7,13H,4-6H2,1-3H3. The van der Waals surface area contributed by atoms with Gasteiger partial charge in [0.2, 0.25) is 0 Å². The molecule has 0 amide bonds. The van der Waals surface area contributed by atoms with E-state index >= 15 is 0 Å². The van der Waals surface area contributed by atoms with Crippen molar-refractivity contribution in [3.8, 4) is 0 Å². The van der Waals surface area contributed by atoms with E-state index in [1.54, 1.807) is 20.8 Å². The summed E-state index contributed by atoms with van der Waals surface area (Å²) in [5, 5.41) is 2.89. The summed E-state index contributed by atoms with van der Waals surface area (Å²) in [5.41, 5.74) is -0.863. The van der Waals surface area contributed by atoms with Gasteiger partial charge in [0.25, 0.3) is 0 Å². The lowest BCUT2D eigenvalue weighted by Gasteiger charge is -2.31. The number of nitrogens with one attached hydrogen (secondary N) is 1. The molecule has 15 heavy (non-hydrogen) atoms. The smallest absolute Gasteiger partial charge is 0.377 e. The number of carbonyl (C=O) groups is 1. The summed E-state index contributed by atoms with van der Waals surface area (Å²) in [6.07, 6.45) is -0.422. The monoisotopic (exact) mass is 221 g/mol. The molecule has 0 bridgehead atoms. The van der Waals surface area contributed by atoms with Crippen molar-refractivity contribution in [2.24, 2.45) is 5.92 Å². The number of esters is 1. The minimum Gasteiger partial charge on any atom is -0.456 e. The fourth-order valence-electron chi connectivity index (χ4n) is 1.29. The third-order valence-corrected chi connectivity index (χ3v) is 2.11. The molecule has 1 saturated heterocycles. The van der Waals surface area contributed by atoms with E-state index < -0.39 is 23.9 Å². The van der Waals surface area contributed by atoms with E-state index in [-0.39, 0.29) is 5.92 Å². The van der Waals surface area contributed by atoms with Gasteiger partial charge in [0.05, 0.1) is 0 Å². The molecule has 0 aromatic heterocycles. The van der Waals surface area contributed by atoms with E-state index in [4.69, 9.17) is 0 Å². The van der Waals surface area contributed by atoms with Crippen LogP contribution in [0, 0.1) is 5.92 Å². The van der Waals surface area contributed by atoms with Gasteiger partial charge in [-0.3, -0.25) is 0 Å². The molecule has 1 N–H and O–H groups in total. The number of rotatable bonds is 3. The molecule has 1 rings (SSSR count). The van der Waals surface area contributed by atoms with Crippen LogP contribution in [-0.4, -0.2) is 30.6 Å². The summed E-state index contributed by atoms with van der Waals surface area (Å²) in [6.45, 7) is 5.83. The number of carbonyl (C=O) groups excluding carboxylic acids is 1. The normalized spacial score (nSPS) is 18.5. The predicted molar refractivity (Wildman–Crippen MR) is 51.8 cm³/mol. The number of alkyl halides is 2. The highest BCUT2D eigenvalue weighted by molar-refractivity contribution is 5.77. The van der Waals surface area contributed by atoms with E-state index in [1.165, 1.54) is 0 Å². The largest absolute Gasteiger partial charge is 0.456 e. The van der Waals surface area contributed by atoms with Gasteiger partial charge in [-0.05, 0) is 39.8 Å². The molecule has 0 saturated carbocycles. The molecule has 0 radical (unpaired) electrons. The maximum atomic E-state index is 13.3. The summed E-state index contributed by atoms with van der Waals surface area (Å²) in [7, 11) is 0. The van der Waals surface area contributed by atoms with Gasteiger partial charge in [-0.25, -0.2) is 4.79 Å². The van der Waals surface area contributed by atoms with E-state index in [0.29, 0.717) is 13.1 Å². The van der Waals surface area contributed by atoms with E-state index in [1.807, 2.05) is 0 Å². The Balaban J connectivity index is 2.47. The molecule has 0 aromatic rings. The lowest BCUT2D eigenvalue weighted by Crippen LogP contribution is -2.47. The van der Waals surface area contributed by atoms with Crippen LogP contribution in [0.1, 0.15) is 27.2 Å². The van der Waals surface area contributed by atoms with Gasteiger partial charge in [-0.15, -0.1) is 0 Å². The molecule has 0 spiro atoms. The fourth-order valence-corrected chi connectivity index (χ4v) is 1.29. The van der Waals surface area contributed by atoms with Gasteiger partial charge in [-0.1, -0.05) is 0 Å². The zero-order valence-electron chi connectivity index (χ0n) is 9.27. The van der Waals surface area contributed by atoms with Crippen LogP contribution in [0.3, 0.4) is 0 Å². The van der Waals surface area contributed by atoms with Crippen LogP contribution in [0.4, 0.5) is 8.78 Å². The summed E-state index contributed by atoms with van der Waals surface area (Å²) < 4.78 is 31.3. The van der Waals surface area contributed by atoms with Crippen LogP contribution in [-0.2, 0) is 9.53 Å². The van der Waals surface area contributed by atoms with Gasteiger partial charge in [-0.2, -0.15) is 8.78 Å². The van der Waals surface area contributed by atoms with Crippen molar-refractivity contribution in [3.63, 3.8) is 0 Å². The van der Waals surface area contributed by atoms with Crippen molar-refractivity contribution in [2.75, 3.05) is 13.1 Å². The first-order valence-corrected chi connectivity index (χ1v) is 5.03. The SMILES string of the molecule is CC(C)(C)OC(=O)C(F)(F)CC1CNC1. The molecule has 1 aliphatic heterocycles. The zero-order valence-corrected chi connectivity index (χ0v) is 9.27. The molecule has 1 heterocycles. The van der Waals surface area contributed by atoms with E-state index in [2.05, 4.69) is 10.1 Å². The minimum atomic E-state index is -3.36. The topological polar surface area (TPSA) is 38.3 Å². The van der Waals surface area contributed by atoms with Crippen LogP contribution in [0.2, 0.25) is 0 Å². The molecule has 3 nitrogen and oxygen atoms in total. The molecule has 88 valence electrons. The second-order valence-corrected chi connectivity index (χ2v) is 4.93. The first-order chi connectivity index (χ1) is 6.71. The Kier molecular flexibility index (Phi) is 3.33. The maximum Gasteiger partial charge on any atom is 0.377 e. The number of hydrogen-bond donors (Lipinski definition) is 1. The first kappa shape index (κ1) is 12.4. The molecule has 1 fully saturated rings. The molecule has 1 aliphatic rings. The molecule has 0 aromatic carbocycles. The quantitative estimate of drug-likeness (QED) is 0.735. The number of halogens is 2. The Morgan fingerprint density at radius 2 is 1.93 bits per heavy atom. The van der Waals surface area contributed by atoms with Crippen molar-refractivity contribution in [1.29, 1.82) is 0 Å². The summed E-state index contributed by atoms with van der Waals surface area (Å²) in [5.74, 6) is -4.89. The van der Waals surface area contributed by atoms with Crippen molar-refractivity contribution >= 4 is 5.97 Å². The van der Waals surface area contributed by atoms with Crippen LogP contribution < -0.4 is 5.32 Å². The zero-order chi connectivity index (χ0) is 11.7. The Labute approximate surface area is 88.2 Å². The molecule has 0 unspecified atom stereocenters. The number of ether oxygens (including phenoxy) is 1. The minimum absolute atomic E-state index is 0.118. The molecular formula is C10H17F2NO2. The molecular weight excluding hydrogens is 204 g/mol. The highest BCUT2D eigenvalue weighted by Crippen LogP contribution is 2.28. The summed E-state index contributed by atoms with van der Waals surface area (Å²) in [6, 6.07) is 0. The summed E-state index contributed by atoms with van der Waals surface area (Å²) >= 11 is 0. The van der Waals surface area contributed by atoms with Crippen LogP contribution in [0.15, 0.2) is 0 Å². The highest BCUT2D eigenvalue weighted by atomic mass is 19.3. The third kappa shape index (κ3) is 3.74.